The van der Waals surface area contributed by atoms with Crippen molar-refractivity contribution in [1.82, 2.24) is 0 Å². The molecule has 0 atom stereocenters. The van der Waals surface area contributed by atoms with E-state index in [1.165, 1.54) is 107 Å². The van der Waals surface area contributed by atoms with Gasteiger partial charge in [-0.1, -0.05) is 264 Å². The van der Waals surface area contributed by atoms with Crippen molar-refractivity contribution in [3.63, 3.8) is 0 Å². The highest BCUT2D eigenvalue weighted by molar-refractivity contribution is 5.98. The molecule has 0 unspecified atom stereocenters. The van der Waals surface area contributed by atoms with Gasteiger partial charge in [-0.2, -0.15) is 0 Å². The van der Waals surface area contributed by atoms with E-state index in [9.17, 15) is 0 Å². The van der Waals surface area contributed by atoms with Crippen LogP contribution in [0.2, 0.25) is 0 Å². The van der Waals surface area contributed by atoms with Crippen molar-refractivity contribution in [1.29, 1.82) is 0 Å². The van der Waals surface area contributed by atoms with Gasteiger partial charge in [0.25, 0.3) is 0 Å². The van der Waals surface area contributed by atoms with Crippen LogP contribution in [0.1, 0.15) is 96.2 Å². The average molecular weight is 988 g/mol. The zero-order valence-corrected chi connectivity index (χ0v) is 44.3. The monoisotopic (exact) mass is 987 g/mol. The van der Waals surface area contributed by atoms with E-state index in [1.807, 2.05) is 0 Å². The lowest BCUT2D eigenvalue weighted by atomic mass is 9.63. The molecule has 0 aromatic heterocycles. The maximum absolute atomic E-state index is 2.56. The van der Waals surface area contributed by atoms with Gasteiger partial charge in [0.1, 0.15) is 0 Å². The Balaban J connectivity index is 1.05. The van der Waals surface area contributed by atoms with E-state index >= 15 is 0 Å². The topological polar surface area (TPSA) is 3.24 Å². The van der Waals surface area contributed by atoms with Gasteiger partial charge in [0.2, 0.25) is 0 Å². The Morgan fingerprint density at radius 1 is 0.260 bits per heavy atom. The Morgan fingerprint density at radius 3 is 1.21 bits per heavy atom. The van der Waals surface area contributed by atoms with E-state index in [2.05, 4.69) is 306 Å². The van der Waals surface area contributed by atoms with Crippen LogP contribution in [0.25, 0.3) is 44.5 Å². The van der Waals surface area contributed by atoms with Crippen LogP contribution in [0.4, 0.5) is 17.1 Å². The molecule has 0 fully saturated rings. The molecule has 0 N–H and O–H groups in total. The molecule has 0 radical (unpaired) electrons. The van der Waals surface area contributed by atoms with Gasteiger partial charge in [-0.25, -0.2) is 0 Å². The summed E-state index contributed by atoms with van der Waals surface area (Å²) >= 11 is 0. The van der Waals surface area contributed by atoms with Crippen molar-refractivity contribution in [2.75, 3.05) is 4.90 Å². The fourth-order valence-electron chi connectivity index (χ4n) is 14.1. The molecular formula is C76H61N. The summed E-state index contributed by atoms with van der Waals surface area (Å²) in [6, 6.07) is 103. The van der Waals surface area contributed by atoms with Gasteiger partial charge >= 0.3 is 0 Å². The first-order valence-corrected chi connectivity index (χ1v) is 27.5. The zero-order valence-electron chi connectivity index (χ0n) is 44.3. The maximum Gasteiger partial charge on any atom is 0.0714 e. The highest BCUT2D eigenvalue weighted by atomic mass is 15.1. The molecule has 77 heavy (non-hydrogen) atoms. The summed E-state index contributed by atoms with van der Waals surface area (Å²) in [7, 11) is 0. The van der Waals surface area contributed by atoms with Crippen LogP contribution in [0, 0.1) is 0 Å². The van der Waals surface area contributed by atoms with Crippen LogP contribution in [-0.4, -0.2) is 0 Å². The van der Waals surface area contributed by atoms with Crippen LogP contribution >= 0.6 is 0 Å². The van der Waals surface area contributed by atoms with E-state index in [1.54, 1.807) is 0 Å². The molecule has 3 aliphatic carbocycles. The molecular weight excluding hydrogens is 927 g/mol. The maximum atomic E-state index is 2.56. The number of benzene rings is 11. The predicted molar refractivity (Wildman–Crippen MR) is 322 cm³/mol. The lowest BCUT2D eigenvalue weighted by Gasteiger charge is -2.42. The second-order valence-electron chi connectivity index (χ2n) is 23.0. The molecule has 0 saturated carbocycles. The van der Waals surface area contributed by atoms with Gasteiger partial charge in [-0.05, 0) is 155 Å². The fraction of sp³-hybridized carbons (Fsp3) is 0.132. The first kappa shape index (κ1) is 46.7. The van der Waals surface area contributed by atoms with Crippen LogP contribution in [-0.2, 0) is 21.7 Å². The van der Waals surface area contributed by atoms with E-state index in [4.69, 9.17) is 0 Å². The SMILES string of the molecule is CC1(C)CCC(C)(C)c2cc(-c3ccc(-c4cc5c(cc4N(c4ccccc4)c4ccc6c(c4)C(c4ccccc4)(c4ccccc4)c4ccccc4-6)C(c4ccccc4)(c4ccccc4)c4ccccc4-5)cc3)ccc21. The summed E-state index contributed by atoms with van der Waals surface area (Å²) in [5, 5.41) is 0. The Labute approximate surface area is 454 Å². The first-order valence-electron chi connectivity index (χ1n) is 27.5. The number of anilines is 3. The van der Waals surface area contributed by atoms with Crippen LogP contribution < -0.4 is 4.90 Å². The van der Waals surface area contributed by atoms with Gasteiger partial charge in [-0.15, -0.1) is 0 Å². The summed E-state index contributed by atoms with van der Waals surface area (Å²) in [6.07, 6.45) is 2.39. The Kier molecular flexibility index (Phi) is 10.9. The Bertz CT molecular complexity index is 3920. The van der Waals surface area contributed by atoms with E-state index < -0.39 is 10.8 Å². The fourth-order valence-corrected chi connectivity index (χ4v) is 14.1. The molecule has 0 spiro atoms. The van der Waals surface area contributed by atoms with Crippen LogP contribution in [0.15, 0.2) is 273 Å². The van der Waals surface area contributed by atoms with Crippen LogP contribution in [0.3, 0.4) is 0 Å². The first-order chi connectivity index (χ1) is 37.7. The molecule has 3 aliphatic rings. The van der Waals surface area contributed by atoms with Crippen molar-refractivity contribution >= 4 is 17.1 Å². The smallest absolute Gasteiger partial charge is 0.0714 e. The quantitative estimate of drug-likeness (QED) is 0.139. The van der Waals surface area contributed by atoms with Crippen molar-refractivity contribution in [2.45, 2.75) is 62.2 Å². The molecule has 14 rings (SSSR count). The summed E-state index contributed by atoms with van der Waals surface area (Å²) in [5.41, 5.74) is 25.4. The summed E-state index contributed by atoms with van der Waals surface area (Å²) < 4.78 is 0. The highest BCUT2D eigenvalue weighted by Gasteiger charge is 2.49. The summed E-state index contributed by atoms with van der Waals surface area (Å²) in [4.78, 5) is 2.55. The molecule has 11 aromatic rings. The van der Waals surface area contributed by atoms with Gasteiger partial charge in [0, 0.05) is 16.9 Å². The van der Waals surface area contributed by atoms with Gasteiger partial charge in [-0.3, -0.25) is 0 Å². The minimum absolute atomic E-state index is 0.119. The molecule has 0 aliphatic heterocycles. The molecule has 0 bridgehead atoms. The second-order valence-corrected chi connectivity index (χ2v) is 23.0. The molecule has 0 heterocycles. The molecule has 0 amide bonds. The van der Waals surface area contributed by atoms with Gasteiger partial charge in [0.05, 0.1) is 16.5 Å². The number of hydrogen-bond donors (Lipinski definition) is 0. The average Bonchev–Trinajstić information content (AvgIpc) is 4.12. The lowest BCUT2D eigenvalue weighted by Crippen LogP contribution is -2.33. The predicted octanol–water partition coefficient (Wildman–Crippen LogP) is 19.6. The lowest BCUT2D eigenvalue weighted by molar-refractivity contribution is 0.332. The summed E-state index contributed by atoms with van der Waals surface area (Å²) in [5.74, 6) is 0. The largest absolute Gasteiger partial charge is 0.310 e. The van der Waals surface area contributed by atoms with E-state index in [-0.39, 0.29) is 10.8 Å². The number of nitrogens with zero attached hydrogens (tertiary/aromatic N) is 1. The molecule has 0 saturated heterocycles. The summed E-state index contributed by atoms with van der Waals surface area (Å²) in [6.45, 7) is 9.67. The van der Waals surface area contributed by atoms with E-state index in [0.717, 1.165) is 22.6 Å². The molecule has 1 nitrogen and oxygen atoms in total. The van der Waals surface area contributed by atoms with Gasteiger partial charge < -0.3 is 4.90 Å². The normalized spacial score (nSPS) is 15.6. The van der Waals surface area contributed by atoms with Crippen molar-refractivity contribution in [3.8, 4) is 44.5 Å². The third-order valence-electron chi connectivity index (χ3n) is 17.9. The number of para-hydroxylation sites is 1. The minimum Gasteiger partial charge on any atom is -0.310 e. The standard InChI is InChI=1S/C76H61N/c1-73(2)46-47-74(3,4)71-48-54(42-45-68(71)73)52-38-40-53(41-39-52)64-50-65-62-35-21-23-37-67(62)76(57-28-14-7-15-29-57,58-30-16-8-17-31-58)70(65)51-72(64)77(59-32-18-9-19-33-59)60-43-44-63-61-34-20-22-36-66(61)75(69(63)49-60,55-24-10-5-11-25-55)56-26-12-6-13-27-56/h5-45,48-51H,46-47H2,1-4H3. The molecule has 11 aromatic carbocycles. The molecule has 1 heteroatoms. The second kappa shape index (κ2) is 17.9. The third kappa shape index (κ3) is 7.13. The number of hydrogen-bond acceptors (Lipinski definition) is 1. The molecule has 370 valence electrons. The van der Waals surface area contributed by atoms with E-state index in [0.29, 0.717) is 0 Å². The highest BCUT2D eigenvalue weighted by Crippen LogP contribution is 2.61. The zero-order chi connectivity index (χ0) is 51.9. The van der Waals surface area contributed by atoms with Crippen LogP contribution in [0.5, 0.6) is 0 Å². The van der Waals surface area contributed by atoms with Gasteiger partial charge in [0.15, 0.2) is 0 Å². The number of rotatable bonds is 9. The van der Waals surface area contributed by atoms with Crippen molar-refractivity contribution in [3.05, 3.63) is 329 Å². The number of fused-ring (bicyclic) bond motifs is 7. The van der Waals surface area contributed by atoms with Crippen molar-refractivity contribution < 1.29 is 0 Å². The van der Waals surface area contributed by atoms with Crippen molar-refractivity contribution in [2.24, 2.45) is 0 Å². The minimum atomic E-state index is -0.599. The Morgan fingerprint density at radius 2 is 0.675 bits per heavy atom. The Hall–Kier alpha value is -8.78. The third-order valence-corrected chi connectivity index (χ3v) is 17.9.